The van der Waals surface area contributed by atoms with Crippen molar-refractivity contribution in [1.82, 2.24) is 15.5 Å². The second-order valence-corrected chi connectivity index (χ2v) is 7.09. The number of anilines is 1. The minimum absolute atomic E-state index is 0.0258. The third-order valence-electron chi connectivity index (χ3n) is 3.19. The van der Waals surface area contributed by atoms with Crippen molar-refractivity contribution in [3.63, 3.8) is 0 Å². The van der Waals surface area contributed by atoms with Crippen molar-refractivity contribution in [3.8, 4) is 0 Å². The van der Waals surface area contributed by atoms with Gasteiger partial charge < -0.3 is 16.0 Å². The summed E-state index contributed by atoms with van der Waals surface area (Å²) in [5, 5.41) is 8.03. The monoisotopic (exact) mass is 412 g/mol. The molecule has 25 heavy (non-hydrogen) atoms. The second kappa shape index (κ2) is 10.1. The molecule has 0 aliphatic heterocycles. The summed E-state index contributed by atoms with van der Waals surface area (Å²) in [6, 6.07) is 5.60. The normalized spacial score (nSPS) is 10.7. The molecule has 3 N–H and O–H groups in total. The van der Waals surface area contributed by atoms with Crippen LogP contribution in [0.4, 0.5) is 5.69 Å². The Morgan fingerprint density at radius 3 is 2.36 bits per heavy atom. The zero-order valence-electron chi connectivity index (χ0n) is 15.0. The quantitative estimate of drug-likeness (QED) is 0.599. The fourth-order valence-corrected chi connectivity index (χ4v) is 2.59. The predicted octanol–water partition coefficient (Wildman–Crippen LogP) is 1.27. The van der Waals surface area contributed by atoms with Gasteiger partial charge in [-0.15, -0.1) is 0 Å². The number of carbonyl (C=O) groups excluding carboxylic acids is 3. The molecule has 1 rings (SSSR count). The molecule has 0 heterocycles. The average molecular weight is 413 g/mol. The van der Waals surface area contributed by atoms with E-state index in [4.69, 9.17) is 0 Å². The van der Waals surface area contributed by atoms with Gasteiger partial charge >= 0.3 is 0 Å². The maximum Gasteiger partial charge on any atom is 0.239 e. The molecular formula is C17H25BrN4O3. The Bertz CT molecular complexity index is 634. The highest BCUT2D eigenvalue weighted by Gasteiger charge is 2.13. The number of amides is 3. The minimum atomic E-state index is -0.311. The van der Waals surface area contributed by atoms with E-state index < -0.39 is 0 Å². The van der Waals surface area contributed by atoms with Gasteiger partial charge in [-0.25, -0.2) is 0 Å². The van der Waals surface area contributed by atoms with E-state index in [1.54, 1.807) is 11.9 Å². The van der Waals surface area contributed by atoms with E-state index in [9.17, 15) is 14.4 Å². The lowest BCUT2D eigenvalue weighted by Crippen LogP contribution is -2.44. The lowest BCUT2D eigenvalue weighted by atomic mass is 10.2. The molecule has 0 spiro atoms. The SMILES string of the molecule is Cc1cc(Br)ccc1NC(=O)CN(C)CC(=O)NCC(=O)NC(C)C. The van der Waals surface area contributed by atoms with E-state index in [1.165, 1.54) is 0 Å². The molecule has 0 aromatic heterocycles. The number of nitrogens with zero attached hydrogens (tertiary/aromatic N) is 1. The van der Waals surface area contributed by atoms with Crippen LogP contribution in [0.5, 0.6) is 0 Å². The Morgan fingerprint density at radius 2 is 1.76 bits per heavy atom. The molecule has 3 amide bonds. The van der Waals surface area contributed by atoms with Crippen molar-refractivity contribution in [2.24, 2.45) is 0 Å². The Hall–Kier alpha value is -1.93. The van der Waals surface area contributed by atoms with E-state index in [0.717, 1.165) is 15.7 Å². The van der Waals surface area contributed by atoms with Crippen molar-refractivity contribution in [2.75, 3.05) is 32.0 Å². The Balaban J connectivity index is 2.37. The van der Waals surface area contributed by atoms with Crippen molar-refractivity contribution in [2.45, 2.75) is 26.8 Å². The van der Waals surface area contributed by atoms with Crippen molar-refractivity contribution in [3.05, 3.63) is 28.2 Å². The van der Waals surface area contributed by atoms with Gasteiger partial charge in [-0.05, 0) is 51.6 Å². The largest absolute Gasteiger partial charge is 0.352 e. The topological polar surface area (TPSA) is 90.5 Å². The van der Waals surface area contributed by atoms with E-state index in [1.807, 2.05) is 39.0 Å². The molecule has 1 aromatic carbocycles. The van der Waals surface area contributed by atoms with Crippen molar-refractivity contribution in [1.29, 1.82) is 0 Å². The first-order valence-corrected chi connectivity index (χ1v) is 8.77. The van der Waals surface area contributed by atoms with Crippen LogP contribution >= 0.6 is 15.9 Å². The maximum atomic E-state index is 12.1. The van der Waals surface area contributed by atoms with Gasteiger partial charge in [0, 0.05) is 16.2 Å². The van der Waals surface area contributed by atoms with Crippen LogP contribution in [0.25, 0.3) is 0 Å². The van der Waals surface area contributed by atoms with Crippen LogP contribution in [0, 0.1) is 6.92 Å². The summed E-state index contributed by atoms with van der Waals surface area (Å²) in [5.74, 6) is -0.762. The number of carbonyl (C=O) groups is 3. The number of hydrogen-bond donors (Lipinski definition) is 3. The summed E-state index contributed by atoms with van der Waals surface area (Å²) in [6.45, 7) is 5.62. The molecule has 0 bridgehead atoms. The standard InChI is InChI=1S/C17H25BrN4O3/c1-11(2)20-15(23)8-19-16(24)9-22(4)10-17(25)21-14-6-5-13(18)7-12(14)3/h5-7,11H,8-10H2,1-4H3,(H,19,24)(H,20,23)(H,21,25). The summed E-state index contributed by atoms with van der Waals surface area (Å²) in [6.07, 6.45) is 0. The van der Waals surface area contributed by atoms with Gasteiger partial charge in [0.05, 0.1) is 19.6 Å². The van der Waals surface area contributed by atoms with Crippen LogP contribution < -0.4 is 16.0 Å². The van der Waals surface area contributed by atoms with Crippen molar-refractivity contribution < 1.29 is 14.4 Å². The van der Waals surface area contributed by atoms with Crippen LogP contribution in [-0.4, -0.2) is 55.3 Å². The number of likely N-dealkylation sites (N-methyl/N-ethyl adjacent to an activating group) is 1. The van der Waals surface area contributed by atoms with Gasteiger partial charge in [-0.2, -0.15) is 0 Å². The highest BCUT2D eigenvalue weighted by atomic mass is 79.9. The lowest BCUT2D eigenvalue weighted by Gasteiger charge is -2.17. The number of hydrogen-bond acceptors (Lipinski definition) is 4. The molecule has 0 saturated heterocycles. The molecular weight excluding hydrogens is 388 g/mol. The molecule has 7 nitrogen and oxygen atoms in total. The smallest absolute Gasteiger partial charge is 0.239 e. The van der Waals surface area contributed by atoms with E-state index in [0.29, 0.717) is 0 Å². The maximum absolute atomic E-state index is 12.1. The highest BCUT2D eigenvalue weighted by molar-refractivity contribution is 9.10. The van der Waals surface area contributed by atoms with Gasteiger partial charge in [0.1, 0.15) is 0 Å². The van der Waals surface area contributed by atoms with E-state index in [-0.39, 0.29) is 43.4 Å². The van der Waals surface area contributed by atoms with Gasteiger partial charge in [0.25, 0.3) is 0 Å². The zero-order chi connectivity index (χ0) is 19.0. The molecule has 0 aliphatic rings. The summed E-state index contributed by atoms with van der Waals surface area (Å²) < 4.78 is 0.943. The summed E-state index contributed by atoms with van der Waals surface area (Å²) >= 11 is 3.37. The lowest BCUT2D eigenvalue weighted by molar-refractivity contribution is -0.127. The second-order valence-electron chi connectivity index (χ2n) is 6.18. The van der Waals surface area contributed by atoms with Gasteiger partial charge in [0.2, 0.25) is 17.7 Å². The minimum Gasteiger partial charge on any atom is -0.352 e. The summed E-state index contributed by atoms with van der Waals surface area (Å²) in [5.41, 5.74) is 1.68. The van der Waals surface area contributed by atoms with E-state index in [2.05, 4.69) is 31.9 Å². The molecule has 138 valence electrons. The zero-order valence-corrected chi connectivity index (χ0v) is 16.6. The molecule has 0 saturated carbocycles. The van der Waals surface area contributed by atoms with Crippen LogP contribution in [0.3, 0.4) is 0 Å². The summed E-state index contributed by atoms with van der Waals surface area (Å²) in [4.78, 5) is 36.9. The number of rotatable bonds is 8. The number of benzene rings is 1. The molecule has 0 unspecified atom stereocenters. The van der Waals surface area contributed by atoms with Crippen LogP contribution in [-0.2, 0) is 14.4 Å². The fourth-order valence-electron chi connectivity index (χ4n) is 2.11. The average Bonchev–Trinajstić information content (AvgIpc) is 2.47. The number of aryl methyl sites for hydroxylation is 1. The van der Waals surface area contributed by atoms with Crippen molar-refractivity contribution >= 4 is 39.3 Å². The molecule has 0 atom stereocenters. The van der Waals surface area contributed by atoms with E-state index >= 15 is 0 Å². The van der Waals surface area contributed by atoms with Gasteiger partial charge in [0.15, 0.2) is 0 Å². The predicted molar refractivity (Wildman–Crippen MR) is 101 cm³/mol. The first-order valence-electron chi connectivity index (χ1n) is 7.98. The highest BCUT2D eigenvalue weighted by Crippen LogP contribution is 2.19. The number of nitrogens with one attached hydrogen (secondary N) is 3. The molecule has 1 aromatic rings. The molecule has 0 aliphatic carbocycles. The molecule has 8 heteroatoms. The van der Waals surface area contributed by atoms with Gasteiger partial charge in [-0.3, -0.25) is 19.3 Å². The third-order valence-corrected chi connectivity index (χ3v) is 3.68. The molecule has 0 fully saturated rings. The Kier molecular flexibility index (Phi) is 8.57. The Morgan fingerprint density at radius 1 is 1.12 bits per heavy atom. The molecule has 0 radical (unpaired) electrons. The first kappa shape index (κ1) is 21.1. The number of halogens is 1. The summed E-state index contributed by atoms with van der Waals surface area (Å²) in [7, 11) is 1.67. The first-order chi connectivity index (χ1) is 11.7. The third kappa shape index (κ3) is 8.64. The van der Waals surface area contributed by atoms with Crippen LogP contribution in [0.1, 0.15) is 19.4 Å². The van der Waals surface area contributed by atoms with Crippen LogP contribution in [0.15, 0.2) is 22.7 Å². The van der Waals surface area contributed by atoms with Gasteiger partial charge in [-0.1, -0.05) is 15.9 Å². The fraction of sp³-hybridized carbons (Fsp3) is 0.471. The van der Waals surface area contributed by atoms with Crippen LogP contribution in [0.2, 0.25) is 0 Å². The Labute approximate surface area is 156 Å².